The van der Waals surface area contributed by atoms with Crippen molar-refractivity contribution in [1.29, 1.82) is 0 Å². The molecule has 0 aliphatic carbocycles. The van der Waals surface area contributed by atoms with Crippen molar-refractivity contribution >= 4 is 0 Å². The van der Waals surface area contributed by atoms with Crippen molar-refractivity contribution in [2.45, 2.75) is 47.4 Å². The first-order valence-electron chi connectivity index (χ1n) is 6.91. The molecule has 0 saturated carbocycles. The average Bonchev–Trinajstić information content (AvgIpc) is 2.64. The van der Waals surface area contributed by atoms with Crippen LogP contribution in [0.3, 0.4) is 0 Å². The molecule has 0 atom stereocenters. The molecular formula is C12F22. The maximum absolute atomic E-state index is 13.3. The zero-order valence-electron chi connectivity index (χ0n) is 14.3. The average molecular weight is 562 g/mol. The second-order valence-electron chi connectivity index (χ2n) is 5.74. The van der Waals surface area contributed by atoms with Crippen LogP contribution in [0, 0.1) is 0 Å². The Hall–Kier alpha value is -2.06. The van der Waals surface area contributed by atoms with Gasteiger partial charge in [0.2, 0.25) is 11.7 Å². The van der Waals surface area contributed by atoms with Gasteiger partial charge in [0.25, 0.3) is 0 Å². The molecule has 0 amide bonds. The van der Waals surface area contributed by atoms with E-state index in [1.54, 1.807) is 0 Å². The molecule has 0 rings (SSSR count). The Morgan fingerprint density at radius 1 is 0.265 bits per heavy atom. The van der Waals surface area contributed by atoms with E-state index in [1.807, 2.05) is 0 Å². The Morgan fingerprint density at radius 3 is 0.559 bits per heavy atom. The molecule has 0 aliphatic heterocycles. The molecule has 34 heavy (non-hydrogen) atoms. The molecule has 0 aromatic carbocycles. The van der Waals surface area contributed by atoms with E-state index in [9.17, 15) is 96.6 Å². The molecule has 0 spiro atoms. The minimum absolute atomic E-state index is 4.69. The third-order valence-corrected chi connectivity index (χ3v) is 3.64. The van der Waals surface area contributed by atoms with Gasteiger partial charge in [0.15, 0.2) is 0 Å². The first kappa shape index (κ1) is 31.9. The first-order valence-corrected chi connectivity index (χ1v) is 6.91. The predicted molar refractivity (Wildman–Crippen MR) is 60.3 cm³/mol. The molecule has 0 nitrogen and oxygen atoms in total. The van der Waals surface area contributed by atoms with Crippen molar-refractivity contribution in [3.63, 3.8) is 0 Å². The highest BCUT2D eigenvalue weighted by Crippen LogP contribution is 2.65. The lowest BCUT2D eigenvalue weighted by atomic mass is 9.87. The molecule has 0 fully saturated rings. The number of alkyl halides is 16. The van der Waals surface area contributed by atoms with Gasteiger partial charge in [0, 0.05) is 0 Å². The first-order chi connectivity index (χ1) is 14.5. The molecule has 0 aromatic rings. The summed E-state index contributed by atoms with van der Waals surface area (Å²) in [5, 5.41) is 0. The molecule has 22 heteroatoms. The van der Waals surface area contributed by atoms with Gasteiger partial charge in [-0.2, -0.15) is 96.6 Å². The summed E-state index contributed by atoms with van der Waals surface area (Å²) in [4.78, 5) is 0. The number of allylic oxidation sites excluding steroid dienone is 2. The fourth-order valence-electron chi connectivity index (χ4n) is 1.70. The Morgan fingerprint density at radius 2 is 0.412 bits per heavy atom. The lowest BCUT2D eigenvalue weighted by Gasteiger charge is -2.43. The van der Waals surface area contributed by atoms with Crippen molar-refractivity contribution < 1.29 is 96.6 Å². The fraction of sp³-hybridized carbons (Fsp3) is 0.667. The van der Waals surface area contributed by atoms with Crippen molar-refractivity contribution in [2.75, 3.05) is 0 Å². The number of rotatable bonds is 9. The standard InChI is InChI=1S/C12F22/c13-1(3(15)16)5(19,20)7(23,24)9(27,28)11(31,32)12(33,34)10(29,30)8(25,26)6(21,22)2(14)4(17)18. The lowest BCUT2D eigenvalue weighted by molar-refractivity contribution is -0.450. The summed E-state index contributed by atoms with van der Waals surface area (Å²) >= 11 is 0. The van der Waals surface area contributed by atoms with Gasteiger partial charge in [-0.15, -0.1) is 0 Å². The summed E-state index contributed by atoms with van der Waals surface area (Å²) in [5.41, 5.74) is 0. The smallest absolute Gasteiger partial charge is 0.199 e. The number of hydrogen-bond donors (Lipinski definition) is 0. The van der Waals surface area contributed by atoms with Gasteiger partial charge in [0.05, 0.1) is 0 Å². The Balaban J connectivity index is 7.12. The van der Waals surface area contributed by atoms with Crippen LogP contribution in [0.4, 0.5) is 96.6 Å². The van der Waals surface area contributed by atoms with Crippen LogP contribution in [0.25, 0.3) is 0 Å². The molecule has 0 N–H and O–H groups in total. The van der Waals surface area contributed by atoms with E-state index in [1.165, 1.54) is 0 Å². The van der Waals surface area contributed by atoms with E-state index in [2.05, 4.69) is 0 Å². The monoisotopic (exact) mass is 562 g/mol. The van der Waals surface area contributed by atoms with Crippen molar-refractivity contribution in [1.82, 2.24) is 0 Å². The highest BCUT2D eigenvalue weighted by Gasteiger charge is 2.95. The van der Waals surface area contributed by atoms with Gasteiger partial charge >= 0.3 is 59.5 Å². The predicted octanol–water partition coefficient (Wildman–Crippen LogP) is 8.22. The minimum Gasteiger partial charge on any atom is -0.199 e. The Kier molecular flexibility index (Phi) is 7.76. The van der Waals surface area contributed by atoms with E-state index in [0.717, 1.165) is 0 Å². The van der Waals surface area contributed by atoms with Crippen LogP contribution in [-0.4, -0.2) is 47.4 Å². The van der Waals surface area contributed by atoms with Crippen LogP contribution in [0.2, 0.25) is 0 Å². The van der Waals surface area contributed by atoms with E-state index in [-0.39, 0.29) is 0 Å². The quantitative estimate of drug-likeness (QED) is 0.249. The molecule has 0 aliphatic rings. The van der Waals surface area contributed by atoms with Crippen LogP contribution in [0.15, 0.2) is 23.8 Å². The maximum atomic E-state index is 13.3. The third kappa shape index (κ3) is 3.83. The van der Waals surface area contributed by atoms with Crippen LogP contribution < -0.4 is 0 Å². The van der Waals surface area contributed by atoms with Gasteiger partial charge < -0.3 is 0 Å². The summed E-state index contributed by atoms with van der Waals surface area (Å²) in [6.45, 7) is 0. The summed E-state index contributed by atoms with van der Waals surface area (Å²) in [6.07, 6.45) is -9.38. The van der Waals surface area contributed by atoms with Gasteiger partial charge in [-0.05, 0) is 0 Å². The van der Waals surface area contributed by atoms with Crippen molar-refractivity contribution in [3.8, 4) is 0 Å². The molecule has 0 unspecified atom stereocenters. The fourth-order valence-corrected chi connectivity index (χ4v) is 1.70. The zero-order chi connectivity index (χ0) is 28.3. The van der Waals surface area contributed by atoms with Gasteiger partial charge in [-0.3, -0.25) is 0 Å². The highest BCUT2D eigenvalue weighted by atomic mass is 19.4. The SMILES string of the molecule is FC(F)=C(F)C(F)(F)C(F)(F)C(F)(F)C(F)(F)C(F)(F)C(F)(F)C(F)(F)C(F)(F)C(F)=C(F)F. The number of halogens is 22. The van der Waals surface area contributed by atoms with Crippen LogP contribution in [-0.2, 0) is 0 Å². The van der Waals surface area contributed by atoms with E-state index >= 15 is 0 Å². The molecule has 0 bridgehead atoms. The van der Waals surface area contributed by atoms with Crippen molar-refractivity contribution in [2.24, 2.45) is 0 Å². The normalized spacial score (nSPS) is 15.4. The summed E-state index contributed by atoms with van der Waals surface area (Å²) in [7, 11) is 0. The third-order valence-electron chi connectivity index (χ3n) is 3.64. The summed E-state index contributed by atoms with van der Waals surface area (Å²) < 4.78 is 282. The molecule has 0 radical (unpaired) electrons. The molecule has 0 saturated heterocycles. The zero-order valence-corrected chi connectivity index (χ0v) is 14.3. The Bertz CT molecular complexity index is 764. The van der Waals surface area contributed by atoms with E-state index < -0.39 is 71.2 Å². The maximum Gasteiger partial charge on any atom is 0.385 e. The molecule has 0 aromatic heterocycles. The second kappa shape index (κ2) is 8.26. The second-order valence-corrected chi connectivity index (χ2v) is 5.74. The Labute approximate surface area is 169 Å². The van der Waals surface area contributed by atoms with Gasteiger partial charge in [-0.1, -0.05) is 0 Å². The molecular weight excluding hydrogens is 562 g/mol. The minimum atomic E-state index is -9.13. The molecule has 0 heterocycles. The van der Waals surface area contributed by atoms with Crippen LogP contribution in [0.5, 0.6) is 0 Å². The lowest BCUT2D eigenvalue weighted by Crippen LogP contribution is -2.74. The number of hydrogen-bond acceptors (Lipinski definition) is 0. The summed E-state index contributed by atoms with van der Waals surface area (Å²) in [6, 6.07) is 0. The largest absolute Gasteiger partial charge is 0.385 e. The highest BCUT2D eigenvalue weighted by molar-refractivity contribution is 5.23. The van der Waals surface area contributed by atoms with Crippen molar-refractivity contribution in [3.05, 3.63) is 23.8 Å². The van der Waals surface area contributed by atoms with Crippen LogP contribution >= 0.6 is 0 Å². The van der Waals surface area contributed by atoms with Crippen LogP contribution in [0.1, 0.15) is 0 Å². The van der Waals surface area contributed by atoms with Gasteiger partial charge in [-0.25, -0.2) is 0 Å². The molecule has 202 valence electrons. The topological polar surface area (TPSA) is 0 Å². The van der Waals surface area contributed by atoms with Gasteiger partial charge in [0.1, 0.15) is 0 Å². The van der Waals surface area contributed by atoms with E-state index in [4.69, 9.17) is 0 Å². The summed E-state index contributed by atoms with van der Waals surface area (Å²) in [5.74, 6) is -79.5. The van der Waals surface area contributed by atoms with E-state index in [0.29, 0.717) is 0 Å².